The van der Waals surface area contributed by atoms with E-state index in [1.807, 2.05) is 0 Å². The van der Waals surface area contributed by atoms with Crippen LogP contribution in [0.25, 0.3) is 0 Å². The first-order chi connectivity index (χ1) is 8.44. The maximum absolute atomic E-state index is 13.1. The maximum atomic E-state index is 13.1. The highest BCUT2D eigenvalue weighted by Crippen LogP contribution is 2.46. The molecule has 18 heavy (non-hydrogen) atoms. The van der Waals surface area contributed by atoms with Crippen LogP contribution >= 0.6 is 0 Å². The summed E-state index contributed by atoms with van der Waals surface area (Å²) in [6.07, 6.45) is 0.912. The van der Waals surface area contributed by atoms with Crippen LogP contribution in [0.3, 0.4) is 0 Å². The molecular weight excluding hydrogens is 246 g/mol. The number of nitrogens with zero attached hydrogens (tertiary/aromatic N) is 4. The van der Waals surface area contributed by atoms with Gasteiger partial charge in [-0.2, -0.15) is 0 Å². The molecule has 1 heterocycles. The number of carboxylic acids is 1. The van der Waals surface area contributed by atoms with E-state index in [4.69, 9.17) is 0 Å². The molecule has 6 nitrogen and oxygen atoms in total. The standard InChI is InChI=1S/C10H14F2N4O2/c11-10(12)3-1-9(2-4-10,8(17)18)5-6-16-7-13-14-15-16/h7H,1-6H2,(H,17,18). The quantitative estimate of drug-likeness (QED) is 0.883. The summed E-state index contributed by atoms with van der Waals surface area (Å²) in [5.74, 6) is -3.74. The first-order valence-electron chi connectivity index (χ1n) is 5.76. The highest BCUT2D eigenvalue weighted by molar-refractivity contribution is 5.74. The summed E-state index contributed by atoms with van der Waals surface area (Å²) >= 11 is 0. The van der Waals surface area contributed by atoms with Crippen molar-refractivity contribution in [3.05, 3.63) is 6.33 Å². The first kappa shape index (κ1) is 12.8. The number of carbonyl (C=O) groups is 1. The zero-order valence-corrected chi connectivity index (χ0v) is 9.72. The van der Waals surface area contributed by atoms with Gasteiger partial charge in [0.2, 0.25) is 5.92 Å². The number of carboxylic acid groups (broad SMARTS) is 1. The summed E-state index contributed by atoms with van der Waals surface area (Å²) in [7, 11) is 0. The van der Waals surface area contributed by atoms with Crippen molar-refractivity contribution in [2.24, 2.45) is 5.41 Å². The highest BCUT2D eigenvalue weighted by atomic mass is 19.3. The summed E-state index contributed by atoms with van der Waals surface area (Å²) in [6.45, 7) is 0.324. The van der Waals surface area contributed by atoms with E-state index in [9.17, 15) is 18.7 Å². The Bertz CT molecular complexity index is 412. The third kappa shape index (κ3) is 2.62. The summed E-state index contributed by atoms with van der Waals surface area (Å²) in [6, 6.07) is 0. The van der Waals surface area contributed by atoms with Crippen LogP contribution in [0.5, 0.6) is 0 Å². The number of hydrogen-bond donors (Lipinski definition) is 1. The van der Waals surface area contributed by atoms with E-state index in [2.05, 4.69) is 15.5 Å². The smallest absolute Gasteiger partial charge is 0.309 e. The van der Waals surface area contributed by atoms with E-state index in [0.717, 1.165) is 0 Å². The molecule has 0 spiro atoms. The monoisotopic (exact) mass is 260 g/mol. The minimum atomic E-state index is -2.73. The Morgan fingerprint density at radius 2 is 2.00 bits per heavy atom. The molecule has 1 aliphatic carbocycles. The molecule has 0 bridgehead atoms. The Kier molecular flexibility index (Phi) is 3.27. The molecule has 0 amide bonds. The van der Waals surface area contributed by atoms with Crippen LogP contribution in [0.15, 0.2) is 6.33 Å². The van der Waals surface area contributed by atoms with E-state index in [1.54, 1.807) is 0 Å². The van der Waals surface area contributed by atoms with E-state index in [0.29, 0.717) is 6.54 Å². The van der Waals surface area contributed by atoms with Crippen LogP contribution in [0.4, 0.5) is 8.78 Å². The summed E-state index contributed by atoms with van der Waals surface area (Å²) in [5, 5.41) is 19.8. The van der Waals surface area contributed by atoms with Crippen LogP contribution in [0.1, 0.15) is 32.1 Å². The van der Waals surface area contributed by atoms with Gasteiger partial charge in [0.15, 0.2) is 0 Å². The zero-order chi connectivity index (χ0) is 13.2. The average molecular weight is 260 g/mol. The van der Waals surface area contributed by atoms with E-state index in [1.165, 1.54) is 11.0 Å². The summed E-state index contributed by atoms with van der Waals surface area (Å²) in [4.78, 5) is 11.3. The van der Waals surface area contributed by atoms with Gasteiger partial charge >= 0.3 is 5.97 Å². The number of rotatable bonds is 4. The van der Waals surface area contributed by atoms with Crippen molar-refractivity contribution in [3.8, 4) is 0 Å². The Labute approximate surface area is 102 Å². The number of alkyl halides is 2. The molecule has 1 aromatic rings. The second-order valence-electron chi connectivity index (χ2n) is 4.76. The Hall–Kier alpha value is -1.60. The van der Waals surface area contributed by atoms with Gasteiger partial charge < -0.3 is 5.11 Å². The zero-order valence-electron chi connectivity index (χ0n) is 9.72. The number of aliphatic carboxylic acids is 1. The van der Waals surface area contributed by atoms with Gasteiger partial charge in [0.05, 0.1) is 5.41 Å². The molecule has 1 saturated carbocycles. The molecule has 1 aromatic heterocycles. The maximum Gasteiger partial charge on any atom is 0.309 e. The third-order valence-corrected chi connectivity index (χ3v) is 3.60. The van der Waals surface area contributed by atoms with Crippen molar-refractivity contribution in [1.82, 2.24) is 20.2 Å². The number of aromatic nitrogens is 4. The van der Waals surface area contributed by atoms with E-state index in [-0.39, 0.29) is 32.1 Å². The van der Waals surface area contributed by atoms with Crippen molar-refractivity contribution < 1.29 is 18.7 Å². The third-order valence-electron chi connectivity index (χ3n) is 3.60. The van der Waals surface area contributed by atoms with Crippen molar-refractivity contribution in [2.45, 2.75) is 44.6 Å². The largest absolute Gasteiger partial charge is 0.481 e. The van der Waals surface area contributed by atoms with Crippen molar-refractivity contribution in [2.75, 3.05) is 0 Å². The van der Waals surface area contributed by atoms with Crippen molar-refractivity contribution in [3.63, 3.8) is 0 Å². The van der Waals surface area contributed by atoms with Gasteiger partial charge in [0, 0.05) is 19.4 Å². The lowest BCUT2D eigenvalue weighted by Crippen LogP contribution is -2.40. The second-order valence-corrected chi connectivity index (χ2v) is 4.76. The molecule has 1 N–H and O–H groups in total. The van der Waals surface area contributed by atoms with Gasteiger partial charge in [-0.25, -0.2) is 13.5 Å². The van der Waals surface area contributed by atoms with Crippen LogP contribution in [-0.2, 0) is 11.3 Å². The van der Waals surface area contributed by atoms with Gasteiger partial charge in [0.25, 0.3) is 0 Å². The molecule has 2 rings (SSSR count). The van der Waals surface area contributed by atoms with E-state index >= 15 is 0 Å². The topological polar surface area (TPSA) is 80.9 Å². The molecule has 0 radical (unpaired) electrons. The van der Waals surface area contributed by atoms with Crippen molar-refractivity contribution in [1.29, 1.82) is 0 Å². The lowest BCUT2D eigenvalue weighted by molar-refractivity contribution is -0.157. The Morgan fingerprint density at radius 3 is 2.50 bits per heavy atom. The second kappa shape index (κ2) is 4.58. The van der Waals surface area contributed by atoms with Gasteiger partial charge in [0.1, 0.15) is 6.33 Å². The molecule has 0 saturated heterocycles. The molecule has 100 valence electrons. The number of tetrazole rings is 1. The minimum Gasteiger partial charge on any atom is -0.481 e. The summed E-state index contributed by atoms with van der Waals surface area (Å²) < 4.78 is 27.6. The van der Waals surface area contributed by atoms with Crippen LogP contribution < -0.4 is 0 Å². The predicted molar refractivity (Wildman–Crippen MR) is 55.9 cm³/mol. The van der Waals surface area contributed by atoms with Gasteiger partial charge in [-0.3, -0.25) is 4.79 Å². The lowest BCUT2D eigenvalue weighted by atomic mass is 9.70. The highest BCUT2D eigenvalue weighted by Gasteiger charge is 2.47. The molecule has 1 fully saturated rings. The fourth-order valence-corrected chi connectivity index (χ4v) is 2.28. The molecule has 0 unspecified atom stereocenters. The van der Waals surface area contributed by atoms with Crippen LogP contribution in [0, 0.1) is 5.41 Å². The Balaban J connectivity index is 2.02. The van der Waals surface area contributed by atoms with Crippen LogP contribution in [0.2, 0.25) is 0 Å². The van der Waals surface area contributed by atoms with Crippen LogP contribution in [-0.4, -0.2) is 37.2 Å². The molecular formula is C10H14F2N4O2. The van der Waals surface area contributed by atoms with Gasteiger partial charge in [-0.15, -0.1) is 5.10 Å². The number of hydrogen-bond acceptors (Lipinski definition) is 4. The number of aryl methyl sites for hydroxylation is 1. The fourth-order valence-electron chi connectivity index (χ4n) is 2.28. The van der Waals surface area contributed by atoms with E-state index < -0.39 is 17.3 Å². The summed E-state index contributed by atoms with van der Waals surface area (Å²) in [5.41, 5.74) is -1.08. The molecule has 0 aromatic carbocycles. The SMILES string of the molecule is O=C(O)C1(CCn2cnnn2)CCC(F)(F)CC1. The Morgan fingerprint density at radius 1 is 1.33 bits per heavy atom. The van der Waals surface area contributed by atoms with Gasteiger partial charge in [-0.1, -0.05) is 0 Å². The van der Waals surface area contributed by atoms with Gasteiger partial charge in [-0.05, 0) is 29.7 Å². The molecule has 0 aliphatic heterocycles. The minimum absolute atomic E-state index is 0.00252. The molecule has 8 heteroatoms. The normalized spacial score (nSPS) is 21.7. The predicted octanol–water partition coefficient (Wildman–Crippen LogP) is 1.34. The van der Waals surface area contributed by atoms with Crippen molar-refractivity contribution >= 4 is 5.97 Å². The fraction of sp³-hybridized carbons (Fsp3) is 0.800. The lowest BCUT2D eigenvalue weighted by Gasteiger charge is -2.36. The first-order valence-corrected chi connectivity index (χ1v) is 5.76. The number of halogens is 2. The molecule has 0 atom stereocenters. The molecule has 1 aliphatic rings. The average Bonchev–Trinajstić information content (AvgIpc) is 2.81.